The van der Waals surface area contributed by atoms with Crippen molar-refractivity contribution in [2.45, 2.75) is 72.6 Å². The quantitative estimate of drug-likeness (QED) is 0.0759. The molecule has 0 N–H and O–H groups in total. The van der Waals surface area contributed by atoms with E-state index in [0.717, 1.165) is 128 Å². The molecule has 4 aromatic carbocycles. The van der Waals surface area contributed by atoms with Crippen LogP contribution in [0.25, 0.3) is 22.3 Å². The topological polar surface area (TPSA) is 77.5 Å². The predicted molar refractivity (Wildman–Crippen MR) is 220 cm³/mol. The van der Waals surface area contributed by atoms with Crippen molar-refractivity contribution in [2.75, 3.05) is 65.7 Å². The molecule has 3 aliphatic rings. The SMILES string of the molecule is CCCCOc1cccc2c1-c1c(OCCCN(CC)CC)cccc1C2=O.CCCCOc1cccc2c1-c1c(OCCN3CCCC3)cccc1C2=O. The zero-order chi connectivity index (χ0) is 38.6. The van der Waals surface area contributed by atoms with E-state index in [1.54, 1.807) is 0 Å². The third kappa shape index (κ3) is 9.25. The van der Waals surface area contributed by atoms with Gasteiger partial charge in [-0.05, 0) is 82.5 Å². The van der Waals surface area contributed by atoms with Crippen molar-refractivity contribution < 1.29 is 28.5 Å². The van der Waals surface area contributed by atoms with Crippen molar-refractivity contribution >= 4 is 11.6 Å². The van der Waals surface area contributed by atoms with E-state index in [1.165, 1.54) is 12.8 Å². The van der Waals surface area contributed by atoms with Gasteiger partial charge in [0, 0.05) is 57.6 Å². The highest BCUT2D eigenvalue weighted by Crippen LogP contribution is 2.48. The first-order valence-electron chi connectivity index (χ1n) is 20.6. The average Bonchev–Trinajstić information content (AvgIpc) is 3.92. The van der Waals surface area contributed by atoms with Crippen molar-refractivity contribution in [2.24, 2.45) is 0 Å². The third-order valence-electron chi connectivity index (χ3n) is 10.7. The molecule has 4 aromatic rings. The minimum Gasteiger partial charge on any atom is -0.493 e. The van der Waals surface area contributed by atoms with Crippen LogP contribution in [0.15, 0.2) is 72.8 Å². The fourth-order valence-corrected chi connectivity index (χ4v) is 7.64. The minimum atomic E-state index is 0.0551. The smallest absolute Gasteiger partial charge is 0.194 e. The number of fused-ring (bicyclic) bond motifs is 6. The molecule has 0 aromatic heterocycles. The third-order valence-corrected chi connectivity index (χ3v) is 10.7. The van der Waals surface area contributed by atoms with Gasteiger partial charge in [-0.1, -0.05) is 89.1 Å². The van der Waals surface area contributed by atoms with Gasteiger partial charge in [-0.25, -0.2) is 0 Å². The number of rotatable bonds is 19. The monoisotopic (exact) mass is 746 g/mol. The first kappa shape index (κ1) is 40.0. The van der Waals surface area contributed by atoms with E-state index in [9.17, 15) is 9.59 Å². The summed E-state index contributed by atoms with van der Waals surface area (Å²) < 4.78 is 24.3. The van der Waals surface area contributed by atoms with Gasteiger partial charge in [-0.15, -0.1) is 0 Å². The lowest BCUT2D eigenvalue weighted by atomic mass is 10.0. The summed E-state index contributed by atoms with van der Waals surface area (Å²) in [7, 11) is 0. The molecular formula is C47H58N2O6. The Morgan fingerprint density at radius 2 is 0.873 bits per heavy atom. The van der Waals surface area contributed by atoms with Crippen molar-refractivity contribution in [1.82, 2.24) is 9.80 Å². The van der Waals surface area contributed by atoms with E-state index in [2.05, 4.69) is 37.5 Å². The predicted octanol–water partition coefficient (Wildman–Crippen LogP) is 9.74. The lowest BCUT2D eigenvalue weighted by Gasteiger charge is -2.18. The molecule has 292 valence electrons. The van der Waals surface area contributed by atoms with Crippen molar-refractivity contribution in [3.05, 3.63) is 95.1 Å². The fourth-order valence-electron chi connectivity index (χ4n) is 7.64. The summed E-state index contributed by atoms with van der Waals surface area (Å²) >= 11 is 0. The van der Waals surface area contributed by atoms with Gasteiger partial charge in [-0.2, -0.15) is 0 Å². The summed E-state index contributed by atoms with van der Waals surface area (Å²) in [5, 5.41) is 0. The van der Waals surface area contributed by atoms with Crippen LogP contribution in [0.4, 0.5) is 0 Å². The standard InChI is InChI=1S/C24H31NO3.C23H27NO3/c1-4-7-16-27-20-13-8-11-18-22(20)23-19(24(18)26)12-9-14-21(23)28-17-10-15-25(5-2)6-3;1-2-3-15-26-19-10-6-8-17-21(19)22-18(23(17)25)9-7-11-20(22)27-16-14-24-12-4-5-13-24/h8-9,11-14H,4-7,10,15-17H2,1-3H3;6-11H,2-5,12-16H2,1H3. The van der Waals surface area contributed by atoms with E-state index >= 15 is 0 Å². The number of ether oxygens (including phenoxy) is 4. The van der Waals surface area contributed by atoms with Crippen molar-refractivity contribution in [3.63, 3.8) is 0 Å². The second-order valence-corrected chi connectivity index (χ2v) is 14.4. The van der Waals surface area contributed by atoms with E-state index < -0.39 is 0 Å². The zero-order valence-electron chi connectivity index (χ0n) is 33.3. The maximum Gasteiger partial charge on any atom is 0.194 e. The second kappa shape index (κ2) is 19.8. The number of unbranched alkanes of at least 4 members (excludes halogenated alkanes) is 2. The lowest BCUT2D eigenvalue weighted by molar-refractivity contribution is 0.103. The number of carbonyl (C=O) groups is 2. The Kier molecular flexibility index (Phi) is 14.4. The highest BCUT2D eigenvalue weighted by Gasteiger charge is 2.33. The highest BCUT2D eigenvalue weighted by atomic mass is 16.5. The molecule has 7 rings (SSSR count). The summed E-state index contributed by atoms with van der Waals surface area (Å²) in [6.07, 6.45) is 7.66. The molecular weight excluding hydrogens is 689 g/mol. The fraction of sp³-hybridized carbons (Fsp3) is 0.447. The number of likely N-dealkylation sites (tertiary alicyclic amines) is 1. The molecule has 0 unspecified atom stereocenters. The molecule has 2 aliphatic carbocycles. The molecule has 0 bridgehead atoms. The van der Waals surface area contributed by atoms with Gasteiger partial charge in [0.1, 0.15) is 29.6 Å². The molecule has 1 saturated heterocycles. The first-order chi connectivity index (χ1) is 27.0. The second-order valence-electron chi connectivity index (χ2n) is 14.4. The van der Waals surface area contributed by atoms with Crippen LogP contribution < -0.4 is 18.9 Å². The zero-order valence-corrected chi connectivity index (χ0v) is 33.3. The summed E-state index contributed by atoms with van der Waals surface area (Å²) in [5.41, 5.74) is 6.42. The van der Waals surface area contributed by atoms with E-state index in [4.69, 9.17) is 18.9 Å². The molecule has 1 aliphatic heterocycles. The number of hydrogen-bond acceptors (Lipinski definition) is 8. The maximum atomic E-state index is 12.9. The Hall–Kier alpha value is -4.66. The van der Waals surface area contributed by atoms with Crippen LogP contribution in [0.1, 0.15) is 104 Å². The molecule has 8 heteroatoms. The van der Waals surface area contributed by atoms with Crippen LogP contribution in [0.2, 0.25) is 0 Å². The Morgan fingerprint density at radius 1 is 0.509 bits per heavy atom. The number of nitrogens with zero attached hydrogens (tertiary/aromatic N) is 2. The van der Waals surface area contributed by atoms with E-state index in [-0.39, 0.29) is 11.6 Å². The Bertz CT molecular complexity index is 1910. The Morgan fingerprint density at radius 3 is 1.24 bits per heavy atom. The summed E-state index contributed by atoms with van der Waals surface area (Å²) in [6, 6.07) is 23.0. The Balaban J connectivity index is 0.000000187. The molecule has 8 nitrogen and oxygen atoms in total. The number of benzene rings is 4. The molecule has 0 amide bonds. The molecule has 0 atom stereocenters. The lowest BCUT2D eigenvalue weighted by Crippen LogP contribution is -2.25. The number of carbonyl (C=O) groups excluding carboxylic acids is 2. The van der Waals surface area contributed by atoms with Crippen LogP contribution >= 0.6 is 0 Å². The summed E-state index contributed by atoms with van der Waals surface area (Å²) in [4.78, 5) is 30.6. The molecule has 0 radical (unpaired) electrons. The molecule has 0 spiro atoms. The van der Waals surface area contributed by atoms with Gasteiger partial charge < -0.3 is 23.8 Å². The van der Waals surface area contributed by atoms with Gasteiger partial charge in [0.25, 0.3) is 0 Å². The maximum absolute atomic E-state index is 12.9. The molecule has 55 heavy (non-hydrogen) atoms. The van der Waals surface area contributed by atoms with Crippen molar-refractivity contribution in [3.8, 4) is 45.3 Å². The van der Waals surface area contributed by atoms with Crippen LogP contribution in [0.5, 0.6) is 23.0 Å². The highest BCUT2D eigenvalue weighted by molar-refractivity contribution is 6.24. The number of ketones is 2. The minimum absolute atomic E-state index is 0.0551. The van der Waals surface area contributed by atoms with Crippen molar-refractivity contribution in [1.29, 1.82) is 0 Å². The van der Waals surface area contributed by atoms with Gasteiger partial charge in [0.15, 0.2) is 11.6 Å². The molecule has 1 heterocycles. The molecule has 0 saturated carbocycles. The van der Waals surface area contributed by atoms with Gasteiger partial charge in [-0.3, -0.25) is 14.5 Å². The van der Waals surface area contributed by atoms with Crippen LogP contribution in [0.3, 0.4) is 0 Å². The number of hydrogen-bond donors (Lipinski definition) is 0. The van der Waals surface area contributed by atoms with E-state index in [1.807, 2.05) is 72.8 Å². The van der Waals surface area contributed by atoms with Crippen LogP contribution in [0, 0.1) is 0 Å². The van der Waals surface area contributed by atoms with Gasteiger partial charge in [0.2, 0.25) is 0 Å². The van der Waals surface area contributed by atoms with Gasteiger partial charge in [0.05, 0.1) is 19.8 Å². The average molecular weight is 747 g/mol. The Labute approximate surface area is 327 Å². The normalized spacial score (nSPS) is 13.9. The largest absolute Gasteiger partial charge is 0.493 e. The summed E-state index contributed by atoms with van der Waals surface area (Å²) in [6.45, 7) is 17.6. The van der Waals surface area contributed by atoms with Crippen LogP contribution in [-0.2, 0) is 0 Å². The van der Waals surface area contributed by atoms with Gasteiger partial charge >= 0.3 is 0 Å². The summed E-state index contributed by atoms with van der Waals surface area (Å²) in [5.74, 6) is 3.23. The molecule has 1 fully saturated rings. The van der Waals surface area contributed by atoms with E-state index in [0.29, 0.717) is 37.6 Å². The first-order valence-corrected chi connectivity index (χ1v) is 20.6. The van der Waals surface area contributed by atoms with Crippen LogP contribution in [-0.4, -0.2) is 87.1 Å².